The first-order valence-corrected chi connectivity index (χ1v) is 10.8. The number of carbonyl (C=O) groups excluding carboxylic acids is 2. The first-order valence-electron chi connectivity index (χ1n) is 10.8. The van der Waals surface area contributed by atoms with Crippen molar-refractivity contribution in [2.24, 2.45) is 11.3 Å². The molecular formula is C24H36O8. The molecule has 1 aromatic carbocycles. The Morgan fingerprint density at radius 1 is 0.938 bits per heavy atom. The van der Waals surface area contributed by atoms with Crippen LogP contribution in [0.3, 0.4) is 0 Å². The van der Waals surface area contributed by atoms with Crippen LogP contribution in [0.4, 0.5) is 0 Å². The Kier molecular flexibility index (Phi) is 8.40. The van der Waals surface area contributed by atoms with E-state index in [2.05, 4.69) is 13.8 Å². The van der Waals surface area contributed by atoms with Gasteiger partial charge in [-0.15, -0.1) is 0 Å². The molecular weight excluding hydrogens is 416 g/mol. The standard InChI is InChI=1S/C24H36O8/c1-13(2)12-14(24(3)11-9-10-15(24)25)16-19(28-4)17(22(26)31-7)21(30-6)18(20(16)29-5)23(27)32-8/h13-15,25H,9-12H2,1-8H3/t14-,15?,24-/m1/s1. The summed E-state index contributed by atoms with van der Waals surface area (Å²) < 4.78 is 27.0. The number of hydrogen-bond acceptors (Lipinski definition) is 8. The molecule has 0 bridgehead atoms. The minimum absolute atomic E-state index is 0.0152. The second-order valence-corrected chi connectivity index (χ2v) is 8.84. The Balaban J connectivity index is 3.07. The van der Waals surface area contributed by atoms with Crippen LogP contribution in [0.2, 0.25) is 0 Å². The molecule has 1 unspecified atom stereocenters. The maximum atomic E-state index is 12.9. The van der Waals surface area contributed by atoms with E-state index in [4.69, 9.17) is 23.7 Å². The quantitative estimate of drug-likeness (QED) is 0.562. The first kappa shape index (κ1) is 25.8. The average molecular weight is 453 g/mol. The summed E-state index contributed by atoms with van der Waals surface area (Å²) in [6.45, 7) is 6.21. The van der Waals surface area contributed by atoms with Gasteiger partial charge in [0.1, 0.15) is 22.6 Å². The van der Waals surface area contributed by atoms with Gasteiger partial charge < -0.3 is 28.8 Å². The van der Waals surface area contributed by atoms with Crippen LogP contribution in [-0.2, 0) is 9.47 Å². The number of carbonyl (C=O) groups is 2. The van der Waals surface area contributed by atoms with Gasteiger partial charge in [-0.1, -0.05) is 27.2 Å². The van der Waals surface area contributed by atoms with E-state index in [1.54, 1.807) is 0 Å². The maximum absolute atomic E-state index is 12.9. The number of aliphatic hydroxyl groups is 1. The zero-order valence-electron chi connectivity index (χ0n) is 20.4. The minimum Gasteiger partial charge on any atom is -0.495 e. The highest BCUT2D eigenvalue weighted by Gasteiger charge is 2.48. The summed E-state index contributed by atoms with van der Waals surface area (Å²) in [5.74, 6) is -1.07. The minimum atomic E-state index is -0.715. The highest BCUT2D eigenvalue weighted by molar-refractivity contribution is 6.05. The molecule has 8 nitrogen and oxygen atoms in total. The van der Waals surface area contributed by atoms with E-state index in [1.807, 2.05) is 6.92 Å². The number of benzene rings is 1. The fraction of sp³-hybridized carbons (Fsp3) is 0.667. The van der Waals surface area contributed by atoms with Gasteiger partial charge in [0.05, 0.1) is 41.7 Å². The van der Waals surface area contributed by atoms with Crippen molar-refractivity contribution in [1.29, 1.82) is 0 Å². The molecule has 0 aromatic heterocycles. The highest BCUT2D eigenvalue weighted by Crippen LogP contribution is 2.57. The fourth-order valence-corrected chi connectivity index (χ4v) is 4.99. The van der Waals surface area contributed by atoms with Crippen molar-refractivity contribution in [3.63, 3.8) is 0 Å². The van der Waals surface area contributed by atoms with E-state index >= 15 is 0 Å². The summed E-state index contributed by atoms with van der Waals surface area (Å²) in [5, 5.41) is 11.0. The molecule has 0 heterocycles. The van der Waals surface area contributed by atoms with Gasteiger partial charge in [0, 0.05) is 11.0 Å². The second kappa shape index (κ2) is 10.4. The Hall–Kier alpha value is -2.48. The first-order chi connectivity index (χ1) is 15.1. The largest absolute Gasteiger partial charge is 0.495 e. The van der Waals surface area contributed by atoms with Crippen molar-refractivity contribution in [1.82, 2.24) is 0 Å². The van der Waals surface area contributed by atoms with Gasteiger partial charge in [-0.05, 0) is 31.1 Å². The summed E-state index contributed by atoms with van der Waals surface area (Å²) in [7, 11) is 6.73. The van der Waals surface area contributed by atoms with Crippen LogP contribution in [0.5, 0.6) is 17.2 Å². The van der Waals surface area contributed by atoms with Crippen LogP contribution in [0.15, 0.2) is 0 Å². The average Bonchev–Trinajstić information content (AvgIpc) is 3.12. The van der Waals surface area contributed by atoms with E-state index in [1.165, 1.54) is 35.5 Å². The lowest BCUT2D eigenvalue weighted by Crippen LogP contribution is -2.35. The molecule has 32 heavy (non-hydrogen) atoms. The molecule has 0 radical (unpaired) electrons. The SMILES string of the molecule is COC(=O)c1c(OC)c(C(=O)OC)c(OC)c([C@@H](CC(C)C)[C@@]2(C)CCCC2O)c1OC. The van der Waals surface area contributed by atoms with E-state index in [-0.39, 0.29) is 40.2 Å². The van der Waals surface area contributed by atoms with Crippen LogP contribution in [0.1, 0.15) is 78.7 Å². The van der Waals surface area contributed by atoms with E-state index in [0.717, 1.165) is 12.8 Å². The lowest BCUT2D eigenvalue weighted by atomic mass is 9.66. The predicted octanol–water partition coefficient (Wildman–Crippen LogP) is 3.97. The summed E-state index contributed by atoms with van der Waals surface area (Å²) in [6, 6.07) is 0. The van der Waals surface area contributed by atoms with Gasteiger partial charge >= 0.3 is 11.9 Å². The van der Waals surface area contributed by atoms with Gasteiger partial charge in [-0.3, -0.25) is 0 Å². The van der Waals surface area contributed by atoms with Gasteiger partial charge in [0.15, 0.2) is 5.75 Å². The molecule has 1 aromatic rings. The van der Waals surface area contributed by atoms with E-state index in [9.17, 15) is 14.7 Å². The van der Waals surface area contributed by atoms with Crippen molar-refractivity contribution in [2.75, 3.05) is 35.5 Å². The van der Waals surface area contributed by atoms with Crippen molar-refractivity contribution in [2.45, 2.75) is 58.5 Å². The van der Waals surface area contributed by atoms with Crippen molar-refractivity contribution >= 4 is 11.9 Å². The number of methoxy groups -OCH3 is 5. The lowest BCUT2D eigenvalue weighted by molar-refractivity contribution is 0.0373. The summed E-state index contributed by atoms with van der Waals surface area (Å²) in [6.07, 6.45) is 2.46. The molecule has 1 aliphatic rings. The van der Waals surface area contributed by atoms with Gasteiger partial charge in [-0.2, -0.15) is 0 Å². The van der Waals surface area contributed by atoms with Gasteiger partial charge in [-0.25, -0.2) is 9.59 Å². The number of rotatable bonds is 9. The summed E-state index contributed by atoms with van der Waals surface area (Å²) >= 11 is 0. The van der Waals surface area contributed by atoms with Crippen molar-refractivity contribution < 1.29 is 38.4 Å². The lowest BCUT2D eigenvalue weighted by Gasteiger charge is -2.40. The Morgan fingerprint density at radius 2 is 1.41 bits per heavy atom. The van der Waals surface area contributed by atoms with Crippen LogP contribution >= 0.6 is 0 Å². The molecule has 1 N–H and O–H groups in total. The van der Waals surface area contributed by atoms with Crippen molar-refractivity contribution in [3.8, 4) is 17.2 Å². The molecule has 8 heteroatoms. The number of aliphatic hydroxyl groups excluding tert-OH is 1. The Labute approximate surface area is 190 Å². The molecule has 1 fully saturated rings. The van der Waals surface area contributed by atoms with Crippen LogP contribution in [0.25, 0.3) is 0 Å². The number of hydrogen-bond donors (Lipinski definition) is 1. The number of esters is 2. The topological polar surface area (TPSA) is 101 Å². The van der Waals surface area contributed by atoms with Crippen LogP contribution < -0.4 is 14.2 Å². The third kappa shape index (κ3) is 4.37. The molecule has 0 aliphatic heterocycles. The molecule has 180 valence electrons. The predicted molar refractivity (Wildman–Crippen MR) is 119 cm³/mol. The Morgan fingerprint density at radius 3 is 1.72 bits per heavy atom. The molecule has 1 aliphatic carbocycles. The van der Waals surface area contributed by atoms with E-state index in [0.29, 0.717) is 18.4 Å². The van der Waals surface area contributed by atoms with Crippen LogP contribution in [-0.4, -0.2) is 58.7 Å². The Bertz CT molecular complexity index is 802. The third-order valence-electron chi connectivity index (χ3n) is 6.59. The molecule has 0 spiro atoms. The monoisotopic (exact) mass is 452 g/mol. The molecule has 0 saturated heterocycles. The van der Waals surface area contributed by atoms with Gasteiger partial charge in [0.25, 0.3) is 0 Å². The van der Waals surface area contributed by atoms with E-state index < -0.39 is 23.5 Å². The summed E-state index contributed by atoms with van der Waals surface area (Å²) in [4.78, 5) is 25.7. The fourth-order valence-electron chi connectivity index (χ4n) is 4.99. The van der Waals surface area contributed by atoms with Crippen LogP contribution in [0, 0.1) is 11.3 Å². The molecule has 0 amide bonds. The molecule has 1 saturated carbocycles. The zero-order valence-corrected chi connectivity index (χ0v) is 20.4. The summed E-state index contributed by atoms with van der Waals surface area (Å²) in [5.41, 5.74) is -0.00829. The smallest absolute Gasteiger partial charge is 0.345 e. The normalized spacial score (nSPS) is 21.2. The zero-order chi connectivity index (χ0) is 24.2. The maximum Gasteiger partial charge on any atom is 0.345 e. The van der Waals surface area contributed by atoms with Gasteiger partial charge in [0.2, 0.25) is 0 Å². The number of ether oxygens (including phenoxy) is 5. The second-order valence-electron chi connectivity index (χ2n) is 8.84. The molecule has 2 rings (SSSR count). The third-order valence-corrected chi connectivity index (χ3v) is 6.59. The highest BCUT2D eigenvalue weighted by atomic mass is 16.5. The molecule has 3 atom stereocenters. The van der Waals surface area contributed by atoms with Crippen molar-refractivity contribution in [3.05, 3.63) is 16.7 Å².